The van der Waals surface area contributed by atoms with Crippen LogP contribution in [0.15, 0.2) is 60.0 Å². The zero-order valence-electron chi connectivity index (χ0n) is 18.8. The van der Waals surface area contributed by atoms with Crippen molar-refractivity contribution in [2.75, 3.05) is 0 Å². The van der Waals surface area contributed by atoms with Crippen LogP contribution in [0.5, 0.6) is 5.75 Å². The van der Waals surface area contributed by atoms with Crippen molar-refractivity contribution >= 4 is 23.2 Å². The van der Waals surface area contributed by atoms with Crippen molar-refractivity contribution in [2.45, 2.75) is 57.7 Å². The average molecular weight is 464 g/mol. The Balaban J connectivity index is 1.30. The molecular weight excluding hydrogens is 434 g/mol. The lowest BCUT2D eigenvalue weighted by Gasteiger charge is -2.32. The second-order valence-corrected chi connectivity index (χ2v) is 9.37. The maximum atomic E-state index is 12.8. The van der Waals surface area contributed by atoms with Crippen LogP contribution in [0.3, 0.4) is 0 Å². The van der Waals surface area contributed by atoms with Gasteiger partial charge in [0, 0.05) is 17.5 Å². The Morgan fingerprint density at radius 2 is 1.70 bits per heavy atom. The van der Waals surface area contributed by atoms with Gasteiger partial charge in [0.1, 0.15) is 23.1 Å². The van der Waals surface area contributed by atoms with Crippen molar-refractivity contribution in [3.8, 4) is 5.75 Å². The molecule has 0 bridgehead atoms. The SMILES string of the molecule is Cc1ccc(OCc2nc(C(=O)N[C@H]3CCCC[C@@H]3NC(=O)Cc3ccccc3)cs2)cc1. The van der Waals surface area contributed by atoms with Crippen molar-refractivity contribution < 1.29 is 14.3 Å². The van der Waals surface area contributed by atoms with E-state index in [2.05, 4.69) is 15.6 Å². The highest BCUT2D eigenvalue weighted by Gasteiger charge is 2.28. The monoisotopic (exact) mass is 463 g/mol. The second kappa shape index (κ2) is 11.1. The molecular formula is C26H29N3O3S. The maximum absolute atomic E-state index is 12.8. The lowest BCUT2D eigenvalue weighted by molar-refractivity contribution is -0.121. The molecule has 4 rings (SSSR count). The molecule has 1 fully saturated rings. The highest BCUT2D eigenvalue weighted by molar-refractivity contribution is 7.09. The molecule has 2 aromatic carbocycles. The third-order valence-electron chi connectivity index (χ3n) is 5.80. The number of ether oxygens (including phenoxy) is 1. The van der Waals surface area contributed by atoms with E-state index in [1.165, 1.54) is 16.9 Å². The number of hydrogen-bond donors (Lipinski definition) is 2. The van der Waals surface area contributed by atoms with Crippen LogP contribution in [0.1, 0.15) is 52.3 Å². The summed E-state index contributed by atoms with van der Waals surface area (Å²) in [4.78, 5) is 29.8. The van der Waals surface area contributed by atoms with Gasteiger partial charge in [-0.05, 0) is 37.5 Å². The van der Waals surface area contributed by atoms with Crippen LogP contribution < -0.4 is 15.4 Å². The quantitative estimate of drug-likeness (QED) is 0.518. The van der Waals surface area contributed by atoms with Crippen LogP contribution >= 0.6 is 11.3 Å². The van der Waals surface area contributed by atoms with E-state index in [-0.39, 0.29) is 23.9 Å². The molecule has 0 saturated heterocycles. The number of nitrogens with zero attached hydrogens (tertiary/aromatic N) is 1. The third kappa shape index (κ3) is 6.65. The Hall–Kier alpha value is -3.19. The van der Waals surface area contributed by atoms with Crippen LogP contribution in [0.25, 0.3) is 0 Å². The van der Waals surface area contributed by atoms with Gasteiger partial charge in [-0.2, -0.15) is 0 Å². The molecule has 1 heterocycles. The minimum Gasteiger partial charge on any atom is -0.486 e. The van der Waals surface area contributed by atoms with Crippen LogP contribution in [-0.4, -0.2) is 28.9 Å². The van der Waals surface area contributed by atoms with E-state index in [0.717, 1.165) is 42.0 Å². The number of aryl methyl sites for hydroxylation is 1. The first-order chi connectivity index (χ1) is 16.1. The number of carbonyl (C=O) groups excluding carboxylic acids is 2. The molecule has 2 atom stereocenters. The lowest BCUT2D eigenvalue weighted by atomic mass is 9.90. The Bertz CT molecular complexity index is 1070. The first kappa shape index (κ1) is 23.0. The van der Waals surface area contributed by atoms with Crippen molar-refractivity contribution in [1.29, 1.82) is 0 Å². The normalized spacial score (nSPS) is 17.8. The van der Waals surface area contributed by atoms with Crippen molar-refractivity contribution in [1.82, 2.24) is 15.6 Å². The standard InChI is InChI=1S/C26H29N3O3S/c1-18-11-13-20(14-12-18)32-16-25-28-23(17-33-25)26(31)29-22-10-6-5-9-21(22)27-24(30)15-19-7-3-2-4-8-19/h2-4,7-8,11-14,17,21-22H,5-6,9-10,15-16H2,1H3,(H,27,30)(H,29,31)/t21-,22-/m0/s1. The first-order valence-electron chi connectivity index (χ1n) is 11.3. The van der Waals surface area contributed by atoms with Gasteiger partial charge in [0.05, 0.1) is 6.42 Å². The molecule has 3 aromatic rings. The fraction of sp³-hybridized carbons (Fsp3) is 0.346. The van der Waals surface area contributed by atoms with Gasteiger partial charge in [-0.3, -0.25) is 9.59 Å². The number of thiazole rings is 1. The highest BCUT2D eigenvalue weighted by atomic mass is 32.1. The minimum absolute atomic E-state index is 0.0171. The zero-order valence-corrected chi connectivity index (χ0v) is 19.6. The largest absolute Gasteiger partial charge is 0.486 e. The van der Waals surface area contributed by atoms with E-state index in [1.54, 1.807) is 5.38 Å². The topological polar surface area (TPSA) is 80.3 Å². The smallest absolute Gasteiger partial charge is 0.271 e. The molecule has 1 saturated carbocycles. The van der Waals surface area contributed by atoms with E-state index < -0.39 is 0 Å². The lowest BCUT2D eigenvalue weighted by Crippen LogP contribution is -2.53. The summed E-state index contributed by atoms with van der Waals surface area (Å²) in [6, 6.07) is 17.4. The second-order valence-electron chi connectivity index (χ2n) is 8.43. The van der Waals surface area contributed by atoms with Gasteiger partial charge in [0.2, 0.25) is 5.91 Å². The molecule has 1 aliphatic rings. The van der Waals surface area contributed by atoms with Gasteiger partial charge in [0.25, 0.3) is 5.91 Å². The number of carbonyl (C=O) groups is 2. The van der Waals surface area contributed by atoms with Crippen LogP contribution in [0, 0.1) is 6.92 Å². The molecule has 1 aliphatic carbocycles. The summed E-state index contributed by atoms with van der Waals surface area (Å²) in [5.74, 6) is 0.552. The van der Waals surface area contributed by atoms with E-state index in [1.807, 2.05) is 61.5 Å². The third-order valence-corrected chi connectivity index (χ3v) is 6.63. The van der Waals surface area contributed by atoms with E-state index >= 15 is 0 Å². The van der Waals surface area contributed by atoms with Gasteiger partial charge in [-0.25, -0.2) is 4.98 Å². The summed E-state index contributed by atoms with van der Waals surface area (Å²) in [6.45, 7) is 2.35. The zero-order chi connectivity index (χ0) is 23.0. The van der Waals surface area contributed by atoms with E-state index in [4.69, 9.17) is 4.74 Å². The van der Waals surface area contributed by atoms with Gasteiger partial charge in [-0.15, -0.1) is 11.3 Å². The maximum Gasteiger partial charge on any atom is 0.271 e. The van der Waals surface area contributed by atoms with Gasteiger partial charge in [-0.1, -0.05) is 60.9 Å². The molecule has 0 spiro atoms. The van der Waals surface area contributed by atoms with Crippen LogP contribution in [0.4, 0.5) is 0 Å². The molecule has 7 heteroatoms. The molecule has 33 heavy (non-hydrogen) atoms. The summed E-state index contributed by atoms with van der Waals surface area (Å²) in [5.41, 5.74) is 2.55. The molecule has 2 N–H and O–H groups in total. The average Bonchev–Trinajstić information content (AvgIpc) is 3.30. The molecule has 0 aliphatic heterocycles. The Labute approximate surface area is 198 Å². The number of benzene rings is 2. The van der Waals surface area contributed by atoms with Crippen molar-refractivity contribution in [2.24, 2.45) is 0 Å². The summed E-state index contributed by atoms with van der Waals surface area (Å²) < 4.78 is 5.77. The Morgan fingerprint density at radius 3 is 2.42 bits per heavy atom. The molecule has 0 radical (unpaired) electrons. The minimum atomic E-state index is -0.206. The molecule has 1 aromatic heterocycles. The fourth-order valence-electron chi connectivity index (χ4n) is 4.02. The fourth-order valence-corrected chi connectivity index (χ4v) is 4.70. The van der Waals surface area contributed by atoms with Crippen molar-refractivity contribution in [3.63, 3.8) is 0 Å². The van der Waals surface area contributed by atoms with Gasteiger partial charge in [0.15, 0.2) is 0 Å². The van der Waals surface area contributed by atoms with Gasteiger partial charge >= 0.3 is 0 Å². The molecule has 172 valence electrons. The Kier molecular flexibility index (Phi) is 7.73. The van der Waals surface area contributed by atoms with E-state index in [0.29, 0.717) is 18.7 Å². The number of hydrogen-bond acceptors (Lipinski definition) is 5. The molecule has 6 nitrogen and oxygen atoms in total. The number of nitrogens with one attached hydrogen (secondary N) is 2. The summed E-state index contributed by atoms with van der Waals surface area (Å²) in [5, 5.41) is 8.73. The first-order valence-corrected chi connectivity index (χ1v) is 12.2. The van der Waals surface area contributed by atoms with Gasteiger partial charge < -0.3 is 15.4 Å². The number of amides is 2. The van der Waals surface area contributed by atoms with Crippen molar-refractivity contribution in [3.05, 3.63) is 81.8 Å². The highest BCUT2D eigenvalue weighted by Crippen LogP contribution is 2.20. The Morgan fingerprint density at radius 1 is 1.00 bits per heavy atom. The summed E-state index contributed by atoms with van der Waals surface area (Å²) in [6.07, 6.45) is 4.12. The summed E-state index contributed by atoms with van der Waals surface area (Å²) in [7, 11) is 0. The molecule has 2 amide bonds. The van der Waals surface area contributed by atoms with Crippen LogP contribution in [-0.2, 0) is 17.8 Å². The number of rotatable bonds is 8. The van der Waals surface area contributed by atoms with E-state index in [9.17, 15) is 9.59 Å². The van der Waals surface area contributed by atoms with Crippen LogP contribution in [0.2, 0.25) is 0 Å². The number of aromatic nitrogens is 1. The predicted octanol–water partition coefficient (Wildman–Crippen LogP) is 4.43. The summed E-state index contributed by atoms with van der Waals surface area (Å²) >= 11 is 1.41. The predicted molar refractivity (Wildman–Crippen MR) is 129 cm³/mol. The molecule has 0 unspecified atom stereocenters.